The maximum atomic E-state index is 4.03. The molecule has 0 amide bonds. The van der Waals surface area contributed by atoms with Crippen molar-refractivity contribution in [2.24, 2.45) is 0 Å². The van der Waals surface area contributed by atoms with Gasteiger partial charge in [0.2, 0.25) is 0 Å². The summed E-state index contributed by atoms with van der Waals surface area (Å²) in [4.78, 5) is 0. The van der Waals surface area contributed by atoms with Crippen LogP contribution >= 0.6 is 11.9 Å². The van der Waals surface area contributed by atoms with Gasteiger partial charge in [0.25, 0.3) is 0 Å². The molecule has 1 aliphatic heterocycles. The van der Waals surface area contributed by atoms with E-state index in [1.165, 1.54) is 0 Å². The van der Waals surface area contributed by atoms with Gasteiger partial charge >= 0.3 is 0 Å². The van der Waals surface area contributed by atoms with Crippen LogP contribution in [-0.4, -0.2) is 23.8 Å². The van der Waals surface area contributed by atoms with E-state index in [2.05, 4.69) is 5.43 Å². The molecule has 0 unspecified atom stereocenters. The maximum absolute atomic E-state index is 4.03. The minimum atomic E-state index is 1.00. The van der Waals surface area contributed by atoms with E-state index >= 15 is 0 Å². The highest BCUT2D eigenvalue weighted by molar-refractivity contribution is 7.97. The highest BCUT2D eigenvalue weighted by atomic mass is 32.2. The second-order valence-electron chi connectivity index (χ2n) is 1.16. The summed E-state index contributed by atoms with van der Waals surface area (Å²) in [5, 5.41) is 0. The minimum Gasteiger partial charge on any atom is -0.583 e. The van der Waals surface area contributed by atoms with Crippen molar-refractivity contribution >= 4 is 11.9 Å². The van der Waals surface area contributed by atoms with Crippen molar-refractivity contribution in [3.8, 4) is 0 Å². The van der Waals surface area contributed by atoms with Gasteiger partial charge in [-0.1, -0.05) is 0 Å². The average molecular weight is 103 g/mol. The van der Waals surface area contributed by atoms with E-state index in [-0.39, 0.29) is 0 Å². The van der Waals surface area contributed by atoms with Crippen LogP contribution in [0.2, 0.25) is 0 Å². The van der Waals surface area contributed by atoms with E-state index in [1.54, 1.807) is 11.9 Å². The molecule has 0 aromatic carbocycles. The number of nitrogens with zero attached hydrogens (tertiary/aromatic N) is 2. The molecule has 1 fully saturated rings. The fourth-order valence-corrected chi connectivity index (χ4v) is 0.986. The Bertz CT molecular complexity index is 42.1. The third-order valence-electron chi connectivity index (χ3n) is 0.669. The first-order valence-corrected chi connectivity index (χ1v) is 2.88. The van der Waals surface area contributed by atoms with Gasteiger partial charge in [-0.2, -0.15) is 0 Å². The molecule has 0 spiro atoms. The summed E-state index contributed by atoms with van der Waals surface area (Å²) in [7, 11) is 1.97. The number of hydrogen-bond acceptors (Lipinski definition) is 2. The van der Waals surface area contributed by atoms with Crippen LogP contribution in [0.4, 0.5) is 0 Å². The van der Waals surface area contributed by atoms with Gasteiger partial charge in [-0.15, -0.1) is 18.5 Å². The smallest absolute Gasteiger partial charge is 0.0114 e. The van der Waals surface area contributed by atoms with Gasteiger partial charge in [0.1, 0.15) is 0 Å². The molecule has 0 bridgehead atoms. The standard InChI is InChI=1S/C3H7N2S/c1-5-4-2-3-6-5/h2-3H2,1H3/q-1. The van der Waals surface area contributed by atoms with Gasteiger partial charge in [0.15, 0.2) is 0 Å². The molecule has 36 valence electrons. The summed E-state index contributed by atoms with van der Waals surface area (Å²) < 4.78 is 1.90. The largest absolute Gasteiger partial charge is 0.583 e. The Morgan fingerprint density at radius 2 is 2.67 bits per heavy atom. The summed E-state index contributed by atoms with van der Waals surface area (Å²) in [6, 6.07) is 0. The van der Waals surface area contributed by atoms with Crippen LogP contribution in [0.3, 0.4) is 0 Å². The highest BCUT2D eigenvalue weighted by Gasteiger charge is 1.90. The van der Waals surface area contributed by atoms with Crippen LogP contribution in [-0.2, 0) is 0 Å². The van der Waals surface area contributed by atoms with Gasteiger partial charge in [0.05, 0.1) is 0 Å². The fourth-order valence-electron chi connectivity index (χ4n) is 0.395. The maximum Gasteiger partial charge on any atom is -0.0114 e. The van der Waals surface area contributed by atoms with Crippen molar-refractivity contribution in [1.82, 2.24) is 4.41 Å². The van der Waals surface area contributed by atoms with E-state index in [0.29, 0.717) is 0 Å². The Kier molecular flexibility index (Phi) is 1.34. The van der Waals surface area contributed by atoms with Gasteiger partial charge in [-0.3, -0.25) is 0 Å². The van der Waals surface area contributed by atoms with Crippen molar-refractivity contribution in [2.75, 3.05) is 19.3 Å². The molecule has 1 saturated heterocycles. The number of rotatable bonds is 0. The topological polar surface area (TPSA) is 17.3 Å². The van der Waals surface area contributed by atoms with Gasteiger partial charge < -0.3 is 9.84 Å². The SMILES string of the molecule is CN1[N-]CCS1. The third-order valence-corrected chi connectivity index (χ3v) is 1.52. The van der Waals surface area contributed by atoms with E-state index in [4.69, 9.17) is 0 Å². The predicted molar refractivity (Wildman–Crippen MR) is 28.4 cm³/mol. The molecule has 1 heterocycles. The zero-order chi connectivity index (χ0) is 4.41. The third kappa shape index (κ3) is 0.864. The molecule has 3 heteroatoms. The first-order valence-electron chi connectivity index (χ1n) is 1.93. The summed E-state index contributed by atoms with van der Waals surface area (Å²) in [5.74, 6) is 1.16. The normalized spacial score (nSPS) is 25.5. The van der Waals surface area contributed by atoms with E-state index in [1.807, 2.05) is 11.5 Å². The van der Waals surface area contributed by atoms with Crippen LogP contribution in [0.1, 0.15) is 0 Å². The van der Waals surface area contributed by atoms with E-state index < -0.39 is 0 Å². The number of hydrogen-bond donors (Lipinski definition) is 0. The summed E-state index contributed by atoms with van der Waals surface area (Å²) in [5.41, 5.74) is 4.03. The summed E-state index contributed by atoms with van der Waals surface area (Å²) >= 11 is 1.76. The Balaban J connectivity index is 2.18. The first-order chi connectivity index (χ1) is 2.89. The quantitative estimate of drug-likeness (QED) is 0.423. The van der Waals surface area contributed by atoms with Crippen LogP contribution in [0, 0.1) is 0 Å². The van der Waals surface area contributed by atoms with E-state index in [0.717, 1.165) is 12.3 Å². The Morgan fingerprint density at radius 1 is 1.83 bits per heavy atom. The van der Waals surface area contributed by atoms with Gasteiger partial charge in [-0.05, 0) is 12.8 Å². The highest BCUT2D eigenvalue weighted by Crippen LogP contribution is 2.18. The first kappa shape index (κ1) is 4.43. The Hall–Kier alpha value is 0.270. The predicted octanol–water partition coefficient (Wildman–Crippen LogP) is 0.869. The zero-order valence-corrected chi connectivity index (χ0v) is 4.53. The van der Waals surface area contributed by atoms with Gasteiger partial charge in [0, 0.05) is 0 Å². The molecule has 0 aromatic rings. The second-order valence-corrected chi connectivity index (χ2v) is 2.36. The molecule has 1 rings (SSSR count). The lowest BCUT2D eigenvalue weighted by Crippen LogP contribution is -1.91. The van der Waals surface area contributed by atoms with Crippen LogP contribution in [0.15, 0.2) is 0 Å². The van der Waals surface area contributed by atoms with Crippen molar-refractivity contribution in [2.45, 2.75) is 0 Å². The monoisotopic (exact) mass is 103 g/mol. The zero-order valence-electron chi connectivity index (χ0n) is 3.72. The average Bonchev–Trinajstić information content (AvgIpc) is 1.86. The molecule has 0 atom stereocenters. The molecular weight excluding hydrogens is 96.1 g/mol. The lowest BCUT2D eigenvalue weighted by atomic mass is 10.8. The van der Waals surface area contributed by atoms with Crippen molar-refractivity contribution in [3.63, 3.8) is 0 Å². The lowest BCUT2D eigenvalue weighted by Gasteiger charge is -2.19. The van der Waals surface area contributed by atoms with Crippen LogP contribution < -0.4 is 0 Å². The van der Waals surface area contributed by atoms with Crippen LogP contribution in [0.5, 0.6) is 0 Å². The molecule has 0 aromatic heterocycles. The van der Waals surface area contributed by atoms with E-state index in [9.17, 15) is 0 Å². The molecule has 0 N–H and O–H groups in total. The Morgan fingerprint density at radius 3 is 2.83 bits per heavy atom. The molecule has 0 saturated carbocycles. The molecule has 0 aliphatic carbocycles. The summed E-state index contributed by atoms with van der Waals surface area (Å²) in [6.45, 7) is 1.00. The fraction of sp³-hybridized carbons (Fsp3) is 1.00. The van der Waals surface area contributed by atoms with Crippen molar-refractivity contribution in [3.05, 3.63) is 5.43 Å². The van der Waals surface area contributed by atoms with Crippen molar-refractivity contribution in [1.29, 1.82) is 0 Å². The molecule has 0 radical (unpaired) electrons. The van der Waals surface area contributed by atoms with Crippen LogP contribution in [0.25, 0.3) is 5.43 Å². The second kappa shape index (κ2) is 1.82. The molecule has 1 aliphatic rings. The molecule has 6 heavy (non-hydrogen) atoms. The van der Waals surface area contributed by atoms with Gasteiger partial charge in [-0.25, -0.2) is 0 Å². The van der Waals surface area contributed by atoms with Crippen molar-refractivity contribution < 1.29 is 0 Å². The minimum absolute atomic E-state index is 1.00. The Labute approximate surface area is 42.0 Å². The summed E-state index contributed by atoms with van der Waals surface area (Å²) in [6.07, 6.45) is 0. The molecule has 2 nitrogen and oxygen atoms in total. The lowest BCUT2D eigenvalue weighted by molar-refractivity contribution is 0.727. The molecular formula is C3H7N2S-.